The Bertz CT molecular complexity index is 712. The Morgan fingerprint density at radius 2 is 1.86 bits per heavy atom. The van der Waals surface area contributed by atoms with Crippen molar-refractivity contribution in [1.82, 2.24) is 4.98 Å². The first-order valence-electron chi connectivity index (χ1n) is 10.3. The lowest BCUT2D eigenvalue weighted by Gasteiger charge is -2.43. The van der Waals surface area contributed by atoms with Crippen LogP contribution in [0.5, 0.6) is 0 Å². The second-order valence-corrected chi connectivity index (χ2v) is 10.0. The van der Waals surface area contributed by atoms with E-state index in [2.05, 4.69) is 10.3 Å². The highest BCUT2D eigenvalue weighted by molar-refractivity contribution is 7.16. The number of ether oxygens (including phenoxy) is 1. The van der Waals surface area contributed by atoms with E-state index in [-0.39, 0.29) is 11.3 Å². The number of thiazole rings is 1. The third-order valence-corrected chi connectivity index (χ3v) is 7.95. The van der Waals surface area contributed by atoms with E-state index in [4.69, 9.17) is 21.6 Å². The minimum Gasteiger partial charge on any atom is -0.388 e. The molecule has 2 aliphatic carbocycles. The van der Waals surface area contributed by atoms with Crippen LogP contribution in [-0.4, -0.2) is 46.2 Å². The van der Waals surface area contributed by atoms with Crippen molar-refractivity contribution in [3.63, 3.8) is 0 Å². The molecule has 4 atom stereocenters. The van der Waals surface area contributed by atoms with Crippen molar-refractivity contribution >= 4 is 28.1 Å². The maximum atomic E-state index is 10.5. The molecule has 1 aromatic heterocycles. The summed E-state index contributed by atoms with van der Waals surface area (Å²) in [4.78, 5) is 4.40. The van der Waals surface area contributed by atoms with Gasteiger partial charge in [0.2, 0.25) is 0 Å². The number of hydrogen-bond donors (Lipinski definition) is 3. The molecule has 3 N–H and O–H groups in total. The lowest BCUT2D eigenvalue weighted by Crippen LogP contribution is -2.56. The molecule has 0 bridgehead atoms. The van der Waals surface area contributed by atoms with Crippen LogP contribution in [0.15, 0.2) is 0 Å². The second-order valence-electron chi connectivity index (χ2n) is 8.68. The predicted molar refractivity (Wildman–Crippen MR) is 108 cm³/mol. The summed E-state index contributed by atoms with van der Waals surface area (Å²) >= 11 is 7.02. The average molecular weight is 426 g/mol. The summed E-state index contributed by atoms with van der Waals surface area (Å²) in [7, 11) is 0. The predicted octanol–water partition coefficient (Wildman–Crippen LogP) is 3.57. The van der Waals surface area contributed by atoms with Crippen LogP contribution in [-0.2, 0) is 4.74 Å². The lowest BCUT2D eigenvalue weighted by atomic mass is 9.68. The SMILES string of the molecule is N#Cc1sc(N[C@@H]2CO[C@H](CC3CC(CC4CCCC4)C3)[C@H](O)[C@@H]2O)nc1Cl. The van der Waals surface area contributed by atoms with Gasteiger partial charge in [-0.1, -0.05) is 48.6 Å². The molecule has 28 heavy (non-hydrogen) atoms. The van der Waals surface area contributed by atoms with E-state index in [9.17, 15) is 10.2 Å². The molecule has 154 valence electrons. The zero-order valence-electron chi connectivity index (χ0n) is 15.9. The van der Waals surface area contributed by atoms with Gasteiger partial charge in [0, 0.05) is 0 Å². The Hall–Kier alpha value is -0.910. The first-order valence-corrected chi connectivity index (χ1v) is 11.5. The van der Waals surface area contributed by atoms with Crippen LogP contribution < -0.4 is 5.32 Å². The summed E-state index contributed by atoms with van der Waals surface area (Å²) < 4.78 is 5.89. The van der Waals surface area contributed by atoms with Gasteiger partial charge in [0.1, 0.15) is 23.2 Å². The summed E-state index contributed by atoms with van der Waals surface area (Å²) in [5, 5.41) is 33.7. The Kier molecular flexibility index (Phi) is 6.43. The molecular formula is C20H28ClN3O3S. The summed E-state index contributed by atoms with van der Waals surface area (Å²) in [5.41, 5.74) is 0. The van der Waals surface area contributed by atoms with Gasteiger partial charge >= 0.3 is 0 Å². The van der Waals surface area contributed by atoms with Gasteiger partial charge in [-0.2, -0.15) is 5.26 Å². The van der Waals surface area contributed by atoms with Crippen LogP contribution in [0.1, 0.15) is 56.2 Å². The van der Waals surface area contributed by atoms with Crippen molar-refractivity contribution in [3.8, 4) is 6.07 Å². The summed E-state index contributed by atoms with van der Waals surface area (Å²) in [6.07, 6.45) is 8.09. The monoisotopic (exact) mass is 425 g/mol. The van der Waals surface area contributed by atoms with Crippen LogP contribution >= 0.6 is 22.9 Å². The molecule has 3 aliphatic rings. The Labute approximate surface area is 174 Å². The van der Waals surface area contributed by atoms with Gasteiger partial charge in [-0.25, -0.2) is 4.98 Å². The standard InChI is InChI=1S/C20H28ClN3O3S/c21-19-16(9-22)28-20(24-19)23-14-10-27-15(18(26)17(14)25)8-13-6-12(7-13)5-11-3-1-2-4-11/h11-15,17-18,25-26H,1-8,10H2,(H,23,24)/t12?,13?,14-,15-,17-,18+/m1/s1. The van der Waals surface area contributed by atoms with E-state index >= 15 is 0 Å². The largest absolute Gasteiger partial charge is 0.388 e. The van der Waals surface area contributed by atoms with Gasteiger partial charge in [0.25, 0.3) is 0 Å². The fourth-order valence-corrected chi connectivity index (χ4v) is 6.12. The van der Waals surface area contributed by atoms with Crippen LogP contribution in [0, 0.1) is 29.1 Å². The van der Waals surface area contributed by atoms with Crippen LogP contribution in [0.25, 0.3) is 0 Å². The smallest absolute Gasteiger partial charge is 0.185 e. The summed E-state index contributed by atoms with van der Waals surface area (Å²) in [5.74, 6) is 2.38. The minimum absolute atomic E-state index is 0.150. The Morgan fingerprint density at radius 3 is 2.54 bits per heavy atom. The zero-order chi connectivity index (χ0) is 19.7. The number of aliphatic hydroxyl groups excluding tert-OH is 2. The molecule has 1 saturated heterocycles. The number of nitrogens with one attached hydrogen (secondary N) is 1. The van der Waals surface area contributed by atoms with Crippen LogP contribution in [0.4, 0.5) is 5.13 Å². The molecular weight excluding hydrogens is 398 g/mol. The quantitative estimate of drug-likeness (QED) is 0.644. The highest BCUT2D eigenvalue weighted by Crippen LogP contribution is 2.44. The van der Waals surface area contributed by atoms with E-state index < -0.39 is 18.2 Å². The minimum atomic E-state index is -0.943. The fourth-order valence-electron chi connectivity index (χ4n) is 5.11. The molecule has 3 fully saturated rings. The maximum absolute atomic E-state index is 10.5. The first kappa shape index (κ1) is 20.4. The van der Waals surface area contributed by atoms with Gasteiger partial charge in [-0.15, -0.1) is 0 Å². The molecule has 6 nitrogen and oxygen atoms in total. The molecule has 1 aliphatic heterocycles. The number of hydrogen-bond acceptors (Lipinski definition) is 7. The molecule has 2 saturated carbocycles. The van der Waals surface area contributed by atoms with Crippen molar-refractivity contribution in [2.75, 3.05) is 11.9 Å². The summed E-state index contributed by atoms with van der Waals surface area (Å²) in [6.45, 7) is 0.292. The molecule has 8 heteroatoms. The third kappa shape index (κ3) is 4.47. The highest BCUT2D eigenvalue weighted by atomic mass is 35.5. The zero-order valence-corrected chi connectivity index (χ0v) is 17.5. The Morgan fingerprint density at radius 1 is 1.14 bits per heavy atom. The fraction of sp³-hybridized carbons (Fsp3) is 0.800. The van der Waals surface area contributed by atoms with Gasteiger partial charge in [0.15, 0.2) is 10.3 Å². The van der Waals surface area contributed by atoms with Gasteiger partial charge in [-0.05, 0) is 43.4 Å². The maximum Gasteiger partial charge on any atom is 0.185 e. The molecule has 2 heterocycles. The van der Waals surface area contributed by atoms with E-state index in [1.165, 1.54) is 44.9 Å². The molecule has 0 spiro atoms. The van der Waals surface area contributed by atoms with Crippen molar-refractivity contribution in [2.45, 2.75) is 75.7 Å². The lowest BCUT2D eigenvalue weighted by molar-refractivity contribution is -0.150. The molecule has 4 rings (SSSR count). The van der Waals surface area contributed by atoms with E-state index in [1.807, 2.05) is 6.07 Å². The summed E-state index contributed by atoms with van der Waals surface area (Å²) in [6, 6.07) is 1.51. The Balaban J connectivity index is 1.23. The molecule has 0 amide bonds. The number of aromatic nitrogens is 1. The molecule has 0 aromatic carbocycles. The van der Waals surface area contributed by atoms with Crippen LogP contribution in [0.3, 0.4) is 0 Å². The van der Waals surface area contributed by atoms with Crippen molar-refractivity contribution in [1.29, 1.82) is 5.26 Å². The second kappa shape index (κ2) is 8.85. The molecule has 0 unspecified atom stereocenters. The van der Waals surface area contributed by atoms with Crippen LogP contribution in [0.2, 0.25) is 5.15 Å². The van der Waals surface area contributed by atoms with E-state index in [0.29, 0.717) is 22.5 Å². The number of rotatable bonds is 6. The van der Waals surface area contributed by atoms with Gasteiger partial charge in [-0.3, -0.25) is 0 Å². The highest BCUT2D eigenvalue weighted by Gasteiger charge is 2.42. The molecule has 1 aromatic rings. The number of nitrogens with zero attached hydrogens (tertiary/aromatic N) is 2. The van der Waals surface area contributed by atoms with Gasteiger partial charge in [0.05, 0.1) is 18.8 Å². The van der Waals surface area contributed by atoms with Gasteiger partial charge < -0.3 is 20.3 Å². The number of anilines is 1. The van der Waals surface area contributed by atoms with Crippen molar-refractivity contribution in [2.24, 2.45) is 17.8 Å². The number of halogens is 1. The van der Waals surface area contributed by atoms with Crippen molar-refractivity contribution < 1.29 is 14.9 Å². The van der Waals surface area contributed by atoms with E-state index in [0.717, 1.165) is 29.6 Å². The number of nitriles is 1. The van der Waals surface area contributed by atoms with Crippen molar-refractivity contribution in [3.05, 3.63) is 10.0 Å². The van der Waals surface area contributed by atoms with E-state index in [1.54, 1.807) is 0 Å². The average Bonchev–Trinajstić information content (AvgIpc) is 3.28. The molecule has 0 radical (unpaired) electrons. The third-order valence-electron chi connectivity index (χ3n) is 6.67. The number of aliphatic hydroxyl groups is 2. The normalized spacial score (nSPS) is 36.1. The first-order chi connectivity index (χ1) is 13.5. The topological polar surface area (TPSA) is 98.4 Å².